The van der Waals surface area contributed by atoms with E-state index in [1.54, 1.807) is 26.4 Å². The van der Waals surface area contributed by atoms with Crippen molar-refractivity contribution in [3.05, 3.63) is 29.8 Å². The van der Waals surface area contributed by atoms with Gasteiger partial charge >= 0.3 is 8.80 Å². The molecule has 8 heteroatoms. The molecule has 0 aliphatic carbocycles. The molecule has 0 saturated heterocycles. The molecule has 1 aromatic rings. The highest BCUT2D eigenvalue weighted by Gasteiger charge is 2.36. The molecule has 0 fully saturated rings. The molecule has 0 atom stereocenters. The van der Waals surface area contributed by atoms with E-state index in [2.05, 4.69) is 0 Å². The molecule has 108 valence electrons. The van der Waals surface area contributed by atoms with Gasteiger partial charge in [-0.1, -0.05) is 19.1 Å². The molecule has 0 unspecified atom stereocenters. The van der Waals surface area contributed by atoms with Crippen molar-refractivity contribution in [1.82, 2.24) is 0 Å². The first-order chi connectivity index (χ1) is 8.87. The lowest BCUT2D eigenvalue weighted by molar-refractivity contribution is 0.0926. The second-order valence-corrected chi connectivity index (χ2v) is 9.56. The van der Waals surface area contributed by atoms with E-state index in [1.807, 2.05) is 6.92 Å². The van der Waals surface area contributed by atoms with Gasteiger partial charge in [-0.2, -0.15) is 0 Å². The molecule has 0 spiro atoms. The number of benzene rings is 1. The van der Waals surface area contributed by atoms with Gasteiger partial charge in [-0.3, -0.25) is 0 Å². The Hall–Kier alpha value is -0.443. The third kappa shape index (κ3) is 4.55. The fourth-order valence-corrected chi connectivity index (χ4v) is 3.87. The molecule has 0 aliphatic heterocycles. The Bertz CT molecular complexity index is 490. The molecule has 0 amide bonds. The van der Waals surface area contributed by atoms with Crippen LogP contribution in [0.5, 0.6) is 0 Å². The van der Waals surface area contributed by atoms with Gasteiger partial charge in [0.1, 0.15) is 0 Å². The van der Waals surface area contributed by atoms with Crippen LogP contribution in [-0.4, -0.2) is 31.4 Å². The molecule has 0 N–H and O–H groups in total. The van der Waals surface area contributed by atoms with E-state index in [0.29, 0.717) is 12.7 Å². The molecule has 1 rings (SSSR count). The van der Waals surface area contributed by atoms with E-state index in [-0.39, 0.29) is 4.90 Å². The first-order valence-corrected chi connectivity index (χ1v) is 9.89. The Morgan fingerprint density at radius 1 is 1.16 bits per heavy atom. The van der Waals surface area contributed by atoms with Gasteiger partial charge in [-0.05, 0) is 17.7 Å². The summed E-state index contributed by atoms with van der Waals surface area (Å²) in [5.41, 5.74) is 0.823. The van der Waals surface area contributed by atoms with Gasteiger partial charge in [0.2, 0.25) is 0 Å². The van der Waals surface area contributed by atoms with Crippen molar-refractivity contribution < 1.29 is 21.7 Å². The first-order valence-electron chi connectivity index (χ1n) is 5.64. The summed E-state index contributed by atoms with van der Waals surface area (Å²) in [6, 6.07) is 6.84. The van der Waals surface area contributed by atoms with Crippen molar-refractivity contribution in [3.8, 4) is 0 Å². The van der Waals surface area contributed by atoms with Gasteiger partial charge in [0.05, 0.1) is 11.5 Å². The highest BCUT2D eigenvalue weighted by atomic mass is 35.7. The van der Waals surface area contributed by atoms with Crippen LogP contribution in [0.2, 0.25) is 6.04 Å². The Kier molecular flexibility index (Phi) is 5.97. The molecule has 0 aromatic heterocycles. The highest BCUT2D eigenvalue weighted by Crippen LogP contribution is 2.18. The highest BCUT2D eigenvalue weighted by molar-refractivity contribution is 8.13. The number of hydrogen-bond donors (Lipinski definition) is 0. The number of halogens is 1. The molecule has 0 radical (unpaired) electrons. The third-order valence-electron chi connectivity index (χ3n) is 2.72. The molecule has 5 nitrogen and oxygen atoms in total. The van der Waals surface area contributed by atoms with Gasteiger partial charge < -0.3 is 13.3 Å². The second-order valence-electron chi connectivity index (χ2n) is 3.82. The third-order valence-corrected chi connectivity index (χ3v) is 6.78. The van der Waals surface area contributed by atoms with Crippen LogP contribution in [0, 0.1) is 0 Å². The van der Waals surface area contributed by atoms with Gasteiger partial charge in [-0.25, -0.2) is 8.42 Å². The van der Waals surface area contributed by atoms with Crippen LogP contribution in [0.3, 0.4) is 0 Å². The van der Waals surface area contributed by atoms with E-state index in [9.17, 15) is 8.42 Å². The average Bonchev–Trinajstić information content (AvgIpc) is 2.40. The van der Waals surface area contributed by atoms with E-state index < -0.39 is 17.9 Å². The van der Waals surface area contributed by atoms with Crippen LogP contribution in [-0.2, 0) is 28.9 Å². The van der Waals surface area contributed by atoms with Gasteiger partial charge in [0, 0.05) is 30.9 Å². The van der Waals surface area contributed by atoms with Gasteiger partial charge in [0.25, 0.3) is 9.05 Å². The minimum absolute atomic E-state index is 0.0652. The van der Waals surface area contributed by atoms with Crippen LogP contribution in [0.15, 0.2) is 29.2 Å². The number of rotatable bonds is 7. The SMILES string of the molecule is CC[Si](OC)(OC)OCc1ccc(S(=O)(=O)Cl)cc1. The first kappa shape index (κ1) is 16.6. The largest absolute Gasteiger partial charge is 0.500 e. The maximum Gasteiger partial charge on any atom is 0.500 e. The summed E-state index contributed by atoms with van der Waals surface area (Å²) in [5, 5.41) is 0. The minimum atomic E-state index is -3.69. The number of hydrogen-bond acceptors (Lipinski definition) is 5. The Morgan fingerprint density at radius 2 is 1.68 bits per heavy atom. The molecule has 0 bridgehead atoms. The van der Waals surface area contributed by atoms with Crippen LogP contribution in [0.4, 0.5) is 0 Å². The maximum absolute atomic E-state index is 11.1. The van der Waals surface area contributed by atoms with E-state index in [1.165, 1.54) is 12.1 Å². The lowest BCUT2D eigenvalue weighted by Gasteiger charge is -2.25. The normalized spacial score (nSPS) is 12.6. The maximum atomic E-state index is 11.1. The fraction of sp³-hybridized carbons (Fsp3) is 0.455. The predicted molar refractivity (Wildman–Crippen MR) is 74.5 cm³/mol. The van der Waals surface area contributed by atoms with Crippen LogP contribution in [0.1, 0.15) is 12.5 Å². The van der Waals surface area contributed by atoms with Crippen molar-refractivity contribution >= 4 is 28.5 Å². The lowest BCUT2D eigenvalue weighted by Crippen LogP contribution is -2.42. The monoisotopic (exact) mass is 324 g/mol. The van der Waals surface area contributed by atoms with Crippen LogP contribution in [0.25, 0.3) is 0 Å². The van der Waals surface area contributed by atoms with Gasteiger partial charge in [0.15, 0.2) is 0 Å². The van der Waals surface area contributed by atoms with Gasteiger partial charge in [-0.15, -0.1) is 0 Å². The van der Waals surface area contributed by atoms with Crippen molar-refractivity contribution in [2.24, 2.45) is 0 Å². The van der Waals surface area contributed by atoms with Crippen molar-refractivity contribution in [1.29, 1.82) is 0 Å². The zero-order valence-electron chi connectivity index (χ0n) is 11.1. The Morgan fingerprint density at radius 3 is 2.05 bits per heavy atom. The second kappa shape index (κ2) is 6.82. The van der Waals surface area contributed by atoms with E-state index >= 15 is 0 Å². The average molecular weight is 325 g/mol. The molecule has 19 heavy (non-hydrogen) atoms. The van der Waals surface area contributed by atoms with E-state index in [0.717, 1.165) is 5.56 Å². The Balaban J connectivity index is 2.74. The molecule has 0 heterocycles. The zero-order chi connectivity index (χ0) is 14.5. The Labute approximate surface area is 119 Å². The van der Waals surface area contributed by atoms with E-state index in [4.69, 9.17) is 24.0 Å². The topological polar surface area (TPSA) is 61.8 Å². The lowest BCUT2D eigenvalue weighted by atomic mass is 10.2. The van der Waals surface area contributed by atoms with Crippen LogP contribution < -0.4 is 0 Å². The van der Waals surface area contributed by atoms with Crippen molar-refractivity contribution in [3.63, 3.8) is 0 Å². The summed E-state index contributed by atoms with van der Waals surface area (Å²) in [4.78, 5) is 0.0652. The summed E-state index contributed by atoms with van der Waals surface area (Å²) in [5.74, 6) is 0. The standard InChI is InChI=1S/C11H17ClO5SSi/c1-4-19(15-2,16-3)17-9-10-5-7-11(8-6-10)18(12,13)14/h5-8H,4,9H2,1-3H3. The smallest absolute Gasteiger partial charge is 0.377 e. The predicted octanol–water partition coefficient (Wildman–Crippen LogP) is 2.38. The summed E-state index contributed by atoms with van der Waals surface area (Å²) in [6.07, 6.45) is 0. The fourth-order valence-electron chi connectivity index (χ4n) is 1.53. The van der Waals surface area contributed by atoms with Crippen LogP contribution >= 0.6 is 10.7 Å². The molecular weight excluding hydrogens is 308 g/mol. The zero-order valence-corrected chi connectivity index (χ0v) is 13.6. The summed E-state index contributed by atoms with van der Waals surface area (Å²) in [7, 11) is 2.07. The molecular formula is C11H17ClO5SSi. The quantitative estimate of drug-likeness (QED) is 0.569. The van der Waals surface area contributed by atoms with Crippen molar-refractivity contribution in [2.45, 2.75) is 24.5 Å². The minimum Gasteiger partial charge on any atom is -0.377 e. The molecule has 0 aliphatic rings. The van der Waals surface area contributed by atoms with Crippen molar-refractivity contribution in [2.75, 3.05) is 14.2 Å². The summed E-state index contributed by atoms with van der Waals surface area (Å²) >= 11 is 0. The molecule has 0 saturated carbocycles. The molecule has 1 aromatic carbocycles. The summed E-state index contributed by atoms with van der Waals surface area (Å²) in [6.45, 7) is 2.23. The summed E-state index contributed by atoms with van der Waals surface area (Å²) < 4.78 is 38.5.